The van der Waals surface area contributed by atoms with Gasteiger partial charge in [-0.3, -0.25) is 0 Å². The van der Waals surface area contributed by atoms with Gasteiger partial charge < -0.3 is 19.0 Å². The van der Waals surface area contributed by atoms with E-state index in [4.69, 9.17) is 14.2 Å². The molecule has 0 aromatic carbocycles. The maximum atomic E-state index is 10.4. The Morgan fingerprint density at radius 3 is 2.64 bits per heavy atom. The van der Waals surface area contributed by atoms with Crippen LogP contribution >= 0.6 is 0 Å². The number of hydrogen-bond acceptors (Lipinski definition) is 4. The second kappa shape index (κ2) is 3.80. The Labute approximate surface area is 65.4 Å². The van der Waals surface area contributed by atoms with Crippen LogP contribution in [0.5, 0.6) is 0 Å². The van der Waals surface area contributed by atoms with Crippen LogP contribution < -0.4 is 0 Å². The Morgan fingerprint density at radius 2 is 2.18 bits per heavy atom. The summed E-state index contributed by atoms with van der Waals surface area (Å²) in [6, 6.07) is 0. The molecule has 4 heteroatoms. The second-order valence-corrected chi connectivity index (χ2v) is 2.41. The van der Waals surface area contributed by atoms with Crippen molar-refractivity contribution in [2.75, 3.05) is 20.8 Å². The molecule has 0 amide bonds. The molecular formula is C7H12O4. The first kappa shape index (κ1) is 8.64. The number of aldehydes is 1. The van der Waals surface area contributed by atoms with Gasteiger partial charge in [-0.2, -0.15) is 0 Å². The largest absolute Gasteiger partial charge is 0.376 e. The van der Waals surface area contributed by atoms with Crippen molar-refractivity contribution in [2.24, 2.45) is 0 Å². The summed E-state index contributed by atoms with van der Waals surface area (Å²) in [5, 5.41) is 0. The van der Waals surface area contributed by atoms with Gasteiger partial charge in [0.1, 0.15) is 18.3 Å². The van der Waals surface area contributed by atoms with Gasteiger partial charge in [-0.25, -0.2) is 0 Å². The first-order chi connectivity index (χ1) is 5.33. The van der Waals surface area contributed by atoms with Crippen LogP contribution in [0, 0.1) is 0 Å². The molecule has 0 N–H and O–H groups in total. The van der Waals surface area contributed by atoms with E-state index in [1.807, 2.05) is 0 Å². The van der Waals surface area contributed by atoms with E-state index < -0.39 is 6.10 Å². The van der Waals surface area contributed by atoms with Crippen LogP contribution in [0.25, 0.3) is 0 Å². The molecule has 11 heavy (non-hydrogen) atoms. The van der Waals surface area contributed by atoms with Crippen LogP contribution in [-0.2, 0) is 19.0 Å². The van der Waals surface area contributed by atoms with Gasteiger partial charge in [-0.05, 0) is 0 Å². The molecule has 1 fully saturated rings. The van der Waals surface area contributed by atoms with Crippen molar-refractivity contribution in [1.82, 2.24) is 0 Å². The van der Waals surface area contributed by atoms with Crippen molar-refractivity contribution in [1.29, 1.82) is 0 Å². The quantitative estimate of drug-likeness (QED) is 0.528. The predicted molar refractivity (Wildman–Crippen MR) is 37.4 cm³/mol. The lowest BCUT2D eigenvalue weighted by Crippen LogP contribution is -2.34. The molecule has 0 spiro atoms. The SMILES string of the molecule is CO[C@@H]1[C@H](C=O)OC[C@@H]1OC. The third-order valence-electron chi connectivity index (χ3n) is 1.85. The molecule has 0 aromatic rings. The first-order valence-electron chi connectivity index (χ1n) is 3.46. The van der Waals surface area contributed by atoms with Crippen LogP contribution in [0.4, 0.5) is 0 Å². The van der Waals surface area contributed by atoms with Crippen LogP contribution in [0.15, 0.2) is 0 Å². The maximum Gasteiger partial charge on any atom is 0.151 e. The smallest absolute Gasteiger partial charge is 0.151 e. The summed E-state index contributed by atoms with van der Waals surface area (Å²) in [4.78, 5) is 10.4. The van der Waals surface area contributed by atoms with E-state index in [2.05, 4.69) is 0 Å². The van der Waals surface area contributed by atoms with Crippen molar-refractivity contribution < 1.29 is 19.0 Å². The average Bonchev–Trinajstić information content (AvgIpc) is 2.45. The maximum absolute atomic E-state index is 10.4. The van der Waals surface area contributed by atoms with Crippen molar-refractivity contribution in [3.63, 3.8) is 0 Å². The third-order valence-corrected chi connectivity index (χ3v) is 1.85. The summed E-state index contributed by atoms with van der Waals surface area (Å²) < 4.78 is 15.2. The van der Waals surface area contributed by atoms with Crippen LogP contribution in [-0.4, -0.2) is 45.4 Å². The second-order valence-electron chi connectivity index (χ2n) is 2.41. The number of methoxy groups -OCH3 is 2. The van der Waals surface area contributed by atoms with E-state index in [9.17, 15) is 4.79 Å². The molecule has 0 saturated carbocycles. The Kier molecular flexibility index (Phi) is 2.99. The zero-order valence-electron chi connectivity index (χ0n) is 6.65. The number of rotatable bonds is 3. The molecule has 0 radical (unpaired) electrons. The fourth-order valence-corrected chi connectivity index (χ4v) is 1.21. The monoisotopic (exact) mass is 160 g/mol. The molecule has 1 rings (SSSR count). The lowest BCUT2D eigenvalue weighted by atomic mass is 10.2. The molecule has 1 aliphatic rings. The molecule has 0 unspecified atom stereocenters. The summed E-state index contributed by atoms with van der Waals surface area (Å²) in [7, 11) is 3.12. The Balaban J connectivity index is 2.54. The molecule has 1 heterocycles. The average molecular weight is 160 g/mol. The van der Waals surface area contributed by atoms with Gasteiger partial charge >= 0.3 is 0 Å². The Hall–Kier alpha value is -0.450. The molecule has 4 nitrogen and oxygen atoms in total. The van der Waals surface area contributed by atoms with Crippen LogP contribution in [0.3, 0.4) is 0 Å². The summed E-state index contributed by atoms with van der Waals surface area (Å²) in [6.45, 7) is 0.429. The Morgan fingerprint density at radius 1 is 1.45 bits per heavy atom. The van der Waals surface area contributed by atoms with E-state index >= 15 is 0 Å². The summed E-state index contributed by atoms with van der Waals surface area (Å²) in [5.74, 6) is 0. The lowest BCUT2D eigenvalue weighted by molar-refractivity contribution is -0.120. The minimum Gasteiger partial charge on any atom is -0.376 e. The molecule has 0 bridgehead atoms. The van der Waals surface area contributed by atoms with Gasteiger partial charge in [0.15, 0.2) is 6.29 Å². The van der Waals surface area contributed by atoms with Crippen molar-refractivity contribution >= 4 is 6.29 Å². The van der Waals surface area contributed by atoms with Gasteiger partial charge in [0, 0.05) is 14.2 Å². The third kappa shape index (κ3) is 1.58. The molecule has 0 aliphatic carbocycles. The lowest BCUT2D eigenvalue weighted by Gasteiger charge is -2.16. The van der Waals surface area contributed by atoms with Crippen LogP contribution in [0.2, 0.25) is 0 Å². The van der Waals surface area contributed by atoms with Gasteiger partial charge in [-0.15, -0.1) is 0 Å². The summed E-state index contributed by atoms with van der Waals surface area (Å²) in [6.07, 6.45) is -0.0923. The van der Waals surface area contributed by atoms with Gasteiger partial charge in [0.05, 0.1) is 6.61 Å². The topological polar surface area (TPSA) is 44.8 Å². The normalized spacial score (nSPS) is 37.5. The molecule has 0 aromatic heterocycles. The van der Waals surface area contributed by atoms with Gasteiger partial charge in [0.25, 0.3) is 0 Å². The zero-order valence-corrected chi connectivity index (χ0v) is 6.65. The van der Waals surface area contributed by atoms with E-state index in [0.717, 1.165) is 6.29 Å². The molecular weight excluding hydrogens is 148 g/mol. The van der Waals surface area contributed by atoms with Gasteiger partial charge in [-0.1, -0.05) is 0 Å². The molecule has 1 saturated heterocycles. The van der Waals surface area contributed by atoms with Crippen molar-refractivity contribution in [2.45, 2.75) is 18.3 Å². The molecule has 1 aliphatic heterocycles. The highest BCUT2D eigenvalue weighted by molar-refractivity contribution is 5.58. The zero-order chi connectivity index (χ0) is 8.27. The highest BCUT2D eigenvalue weighted by Gasteiger charge is 2.37. The van der Waals surface area contributed by atoms with Crippen molar-refractivity contribution in [3.8, 4) is 0 Å². The number of ether oxygens (including phenoxy) is 3. The minimum atomic E-state index is -0.468. The van der Waals surface area contributed by atoms with E-state index in [-0.39, 0.29) is 12.2 Å². The number of carbonyl (C=O) groups excluding carboxylic acids is 1. The summed E-state index contributed by atoms with van der Waals surface area (Å²) in [5.41, 5.74) is 0. The van der Waals surface area contributed by atoms with Crippen molar-refractivity contribution in [3.05, 3.63) is 0 Å². The van der Waals surface area contributed by atoms with Gasteiger partial charge in [0.2, 0.25) is 0 Å². The predicted octanol–water partition coefficient (Wildman–Crippen LogP) is -0.386. The van der Waals surface area contributed by atoms with E-state index in [0.29, 0.717) is 6.61 Å². The first-order valence-corrected chi connectivity index (χ1v) is 3.46. The van der Waals surface area contributed by atoms with E-state index in [1.54, 1.807) is 14.2 Å². The van der Waals surface area contributed by atoms with Crippen LogP contribution in [0.1, 0.15) is 0 Å². The molecule has 3 atom stereocenters. The number of hydrogen-bond donors (Lipinski definition) is 0. The summed E-state index contributed by atoms with van der Waals surface area (Å²) >= 11 is 0. The fourth-order valence-electron chi connectivity index (χ4n) is 1.21. The highest BCUT2D eigenvalue weighted by Crippen LogP contribution is 2.17. The standard InChI is InChI=1S/C7H12O4/c1-9-6-4-11-5(3-8)7(6)10-2/h3,5-7H,4H2,1-2H3/t5-,6-,7+/m0/s1. The fraction of sp³-hybridized carbons (Fsp3) is 0.857. The highest BCUT2D eigenvalue weighted by atomic mass is 16.6. The minimum absolute atomic E-state index is 0.116. The number of carbonyl (C=O) groups is 1. The Bertz CT molecular complexity index is 136. The molecule has 64 valence electrons. The van der Waals surface area contributed by atoms with E-state index in [1.165, 1.54) is 0 Å².